The fraction of sp³-hybridized carbons (Fsp3) is 0.674. The molecule has 60 heavy (non-hydrogen) atoms. The van der Waals surface area contributed by atoms with Crippen LogP contribution in [0, 0.1) is 23.7 Å². The first-order valence-corrected chi connectivity index (χ1v) is 21.3. The first-order chi connectivity index (χ1) is 28.3. The summed E-state index contributed by atoms with van der Waals surface area (Å²) in [6.45, 7) is 15.0. The van der Waals surface area contributed by atoms with Crippen LogP contribution >= 0.6 is 0 Å². The van der Waals surface area contributed by atoms with Gasteiger partial charge in [0.25, 0.3) is 0 Å². The number of carbonyl (C=O) groups excluding carboxylic acids is 3. The fourth-order valence-electron chi connectivity index (χ4n) is 9.51. The van der Waals surface area contributed by atoms with E-state index in [9.17, 15) is 24.6 Å². The normalized spacial score (nSPS) is 38.4. The third-order valence-electron chi connectivity index (χ3n) is 12.6. The number of cyclic esters (lactones) is 1. The second-order valence-corrected chi connectivity index (χ2v) is 17.8. The number of hydrogen-bond acceptors (Lipinski definition) is 13. The maximum absolute atomic E-state index is 14.4. The van der Waals surface area contributed by atoms with Crippen LogP contribution in [0.25, 0.3) is 17.0 Å². The minimum absolute atomic E-state index is 0.0820. The first kappa shape index (κ1) is 47.6. The lowest BCUT2D eigenvalue weighted by atomic mass is 9.73. The number of ether oxygens (including phenoxy) is 6. The highest BCUT2D eigenvalue weighted by molar-refractivity contribution is 5.98. The molecule has 0 saturated carbocycles. The van der Waals surface area contributed by atoms with Gasteiger partial charge in [0.15, 0.2) is 12.1 Å². The van der Waals surface area contributed by atoms with Crippen molar-refractivity contribution in [2.24, 2.45) is 28.7 Å². The van der Waals surface area contributed by atoms with E-state index in [1.165, 1.54) is 13.8 Å². The number of amides is 1. The predicted molar refractivity (Wildman–Crippen MR) is 227 cm³/mol. The molecular weight excluding hydrogens is 771 g/mol. The highest BCUT2D eigenvalue weighted by atomic mass is 16.7. The molecule has 0 radical (unpaired) electrons. The van der Waals surface area contributed by atoms with Crippen molar-refractivity contribution in [1.82, 2.24) is 9.88 Å². The molecule has 1 amide bonds. The average Bonchev–Trinajstić information content (AvgIpc) is 3.20. The molecule has 1 aromatic heterocycles. The van der Waals surface area contributed by atoms with E-state index < -0.39 is 96.0 Å². The summed E-state index contributed by atoms with van der Waals surface area (Å²) in [6.07, 6.45) is -0.101. The van der Waals surface area contributed by atoms with Gasteiger partial charge < -0.3 is 43.5 Å². The van der Waals surface area contributed by atoms with Crippen molar-refractivity contribution in [1.29, 1.82) is 0 Å². The van der Waals surface area contributed by atoms with Gasteiger partial charge in [-0.3, -0.25) is 19.4 Å². The standard InChI is InChI=1S/C46H67N3O11/c1-12-37-46(9,54)42-28(4)38(48-31(7)50)26(2)22-45(8,57-25-34(51)24-56-42)41(60-44-39(52)36(49(10)11)20-27(3)58-44)29(5)40(30(6)43(53)59-37)55-19-15-16-32-21-33-17-13-14-18-35(33)47-23-32/h13-18,21,23,26-30,36-37,39-42,44,52,54H,12,19-20,22,24-25H2,1-11H3/b16-15-,48-38?/t26-,27-,28+,29+,30-,36+,37-,39-,40+,41-,42+,44+,45-,46-/m1/s1. The van der Waals surface area contributed by atoms with E-state index >= 15 is 0 Å². The van der Waals surface area contributed by atoms with E-state index in [0.717, 1.165) is 16.5 Å². The van der Waals surface area contributed by atoms with E-state index in [1.807, 2.05) is 89.2 Å². The number of ketones is 1. The first-order valence-electron chi connectivity index (χ1n) is 21.3. The van der Waals surface area contributed by atoms with Gasteiger partial charge in [0.05, 0.1) is 48.1 Å². The lowest BCUT2D eigenvalue weighted by Gasteiger charge is -2.49. The number of aliphatic imine (C=N–C) groups is 1. The van der Waals surface area contributed by atoms with Crippen LogP contribution in [-0.2, 0) is 42.8 Å². The van der Waals surface area contributed by atoms with Crippen molar-refractivity contribution in [2.45, 2.75) is 142 Å². The number of rotatable bonds is 8. The molecule has 0 unspecified atom stereocenters. The molecule has 0 spiro atoms. The van der Waals surface area contributed by atoms with Gasteiger partial charge in [-0.2, -0.15) is 0 Å². The van der Waals surface area contributed by atoms with Gasteiger partial charge >= 0.3 is 5.97 Å². The molecule has 3 fully saturated rings. The van der Waals surface area contributed by atoms with E-state index in [2.05, 4.69) is 9.98 Å². The molecule has 332 valence electrons. The molecule has 2 bridgehead atoms. The summed E-state index contributed by atoms with van der Waals surface area (Å²) >= 11 is 0. The number of aliphatic hydroxyl groups excluding tert-OH is 1. The minimum Gasteiger partial charge on any atom is -0.459 e. The van der Waals surface area contributed by atoms with E-state index in [4.69, 9.17) is 28.4 Å². The van der Waals surface area contributed by atoms with Gasteiger partial charge in [-0.25, -0.2) is 4.99 Å². The van der Waals surface area contributed by atoms with Gasteiger partial charge in [0.2, 0.25) is 5.91 Å². The number of nitrogens with zero attached hydrogens (tertiary/aromatic N) is 3. The van der Waals surface area contributed by atoms with Crippen LogP contribution in [0.15, 0.2) is 47.6 Å². The quantitative estimate of drug-likeness (QED) is 0.333. The molecule has 5 rings (SSSR count). The average molecular weight is 838 g/mol. The molecule has 0 aliphatic carbocycles. The molecule has 14 atom stereocenters. The van der Waals surface area contributed by atoms with Crippen LogP contribution in [0.5, 0.6) is 0 Å². The largest absolute Gasteiger partial charge is 0.459 e. The summed E-state index contributed by atoms with van der Waals surface area (Å²) in [7, 11) is 3.78. The predicted octanol–water partition coefficient (Wildman–Crippen LogP) is 5.20. The van der Waals surface area contributed by atoms with Gasteiger partial charge in [0, 0.05) is 42.1 Å². The lowest BCUT2D eigenvalue weighted by Crippen LogP contribution is -2.60. The summed E-state index contributed by atoms with van der Waals surface area (Å²) in [5.74, 6) is -4.29. The Hall–Kier alpha value is -3.47. The second kappa shape index (κ2) is 20.1. The highest BCUT2D eigenvalue weighted by Crippen LogP contribution is 2.41. The summed E-state index contributed by atoms with van der Waals surface area (Å²) in [6, 6.07) is 9.57. The van der Waals surface area contributed by atoms with Crippen LogP contribution in [0.3, 0.4) is 0 Å². The van der Waals surface area contributed by atoms with Crippen LogP contribution in [0.1, 0.15) is 87.1 Å². The van der Waals surface area contributed by atoms with Crippen LogP contribution in [-0.4, -0.2) is 138 Å². The van der Waals surface area contributed by atoms with E-state index in [0.29, 0.717) is 12.1 Å². The number of pyridine rings is 1. The summed E-state index contributed by atoms with van der Waals surface area (Å²) < 4.78 is 39.2. The number of benzene rings is 1. The fourth-order valence-corrected chi connectivity index (χ4v) is 9.51. The summed E-state index contributed by atoms with van der Waals surface area (Å²) in [4.78, 5) is 51.9. The zero-order valence-electron chi connectivity index (χ0n) is 37.2. The summed E-state index contributed by atoms with van der Waals surface area (Å²) in [5, 5.41) is 25.1. The minimum atomic E-state index is -1.83. The number of carbonyl (C=O) groups is 3. The molecular formula is C46H67N3O11. The van der Waals surface area contributed by atoms with Crippen LogP contribution < -0.4 is 0 Å². The number of Topliss-reactive ketones (excluding diaryl/α,β-unsaturated/α-hetero) is 1. The van der Waals surface area contributed by atoms with Crippen molar-refractivity contribution in [3.63, 3.8) is 0 Å². The third kappa shape index (κ3) is 10.9. The number of para-hydroxylation sites is 1. The van der Waals surface area contributed by atoms with Crippen molar-refractivity contribution >= 4 is 40.4 Å². The van der Waals surface area contributed by atoms with Crippen molar-refractivity contribution in [2.75, 3.05) is 33.9 Å². The van der Waals surface area contributed by atoms with Gasteiger partial charge in [0.1, 0.15) is 31.0 Å². The molecule has 1 aromatic carbocycles. The lowest BCUT2D eigenvalue weighted by molar-refractivity contribution is -0.303. The Labute approximate surface area is 355 Å². The highest BCUT2D eigenvalue weighted by Gasteiger charge is 2.53. The zero-order chi connectivity index (χ0) is 44.1. The Morgan fingerprint density at radius 3 is 2.48 bits per heavy atom. The Kier molecular flexibility index (Phi) is 16.0. The number of aromatic nitrogens is 1. The molecule has 2 N–H and O–H groups in total. The maximum Gasteiger partial charge on any atom is 0.311 e. The third-order valence-corrected chi connectivity index (χ3v) is 12.6. The smallest absolute Gasteiger partial charge is 0.311 e. The zero-order valence-corrected chi connectivity index (χ0v) is 37.2. The maximum atomic E-state index is 14.4. The molecule has 14 nitrogen and oxygen atoms in total. The molecule has 3 aliphatic heterocycles. The van der Waals surface area contributed by atoms with Crippen LogP contribution in [0.2, 0.25) is 0 Å². The Morgan fingerprint density at radius 2 is 1.80 bits per heavy atom. The Balaban J connectivity index is 1.66. The number of esters is 1. The molecule has 2 aromatic rings. The van der Waals surface area contributed by atoms with Gasteiger partial charge in [-0.05, 0) is 84.7 Å². The molecule has 4 heterocycles. The van der Waals surface area contributed by atoms with Crippen molar-refractivity contribution < 1.29 is 53.0 Å². The molecule has 14 heteroatoms. The number of likely N-dealkylation sites (N-methyl/N-ethyl adjacent to an activating group) is 1. The Bertz CT molecular complexity index is 1870. The van der Waals surface area contributed by atoms with Gasteiger partial charge in [-0.1, -0.05) is 58.0 Å². The van der Waals surface area contributed by atoms with Crippen molar-refractivity contribution in [3.8, 4) is 0 Å². The van der Waals surface area contributed by atoms with E-state index in [-0.39, 0.29) is 38.2 Å². The molecule has 3 saturated heterocycles. The Morgan fingerprint density at radius 1 is 1.08 bits per heavy atom. The topological polar surface area (TPSA) is 176 Å². The monoisotopic (exact) mass is 837 g/mol. The van der Waals surface area contributed by atoms with Crippen LogP contribution in [0.4, 0.5) is 0 Å². The summed E-state index contributed by atoms with van der Waals surface area (Å²) in [5.41, 5.74) is -1.01. The van der Waals surface area contributed by atoms with E-state index in [1.54, 1.807) is 27.0 Å². The van der Waals surface area contributed by atoms with Crippen molar-refractivity contribution in [3.05, 3.63) is 48.2 Å². The second-order valence-electron chi connectivity index (χ2n) is 17.8. The SMILES string of the molecule is CC[C@H]1OC(=O)[C@H](C)[C@@H](OC/C=C\c2cnc3ccccc3c2)[C@H](C)[C@@H](O[C@@H]2O[C@H](C)C[C@H](N(C)C)[C@H]2O)[C@@]2(C)C[C@@H](C)C(=NC(C)=O)[C@H](C)[C@H](OCC(=O)CO2)[C@]1(C)O. The molecule has 3 aliphatic rings. The van der Waals surface area contributed by atoms with Gasteiger partial charge in [-0.15, -0.1) is 0 Å². The number of hydrogen-bond donors (Lipinski definition) is 2. The number of aliphatic hydroxyl groups is 2. The number of fused-ring (bicyclic) bond motifs is 6.